The van der Waals surface area contributed by atoms with Crippen molar-refractivity contribution in [2.75, 3.05) is 13.2 Å². The number of fused-ring (bicyclic) bond motifs is 1. The standard InChI is InChI=1S/C19H16BrN3O3/c20-12-5-3-4-11(10-12)18-15-16(13-6-1-2-7-14(13)25)21-22-17(15)19(26)23(18)8-9-24/h1-7,10,18,24-25H,8-9H2,(H,21,22)/t18-/m1/s1. The van der Waals surface area contributed by atoms with Crippen molar-refractivity contribution < 1.29 is 15.0 Å². The van der Waals surface area contributed by atoms with Crippen molar-refractivity contribution in [2.24, 2.45) is 0 Å². The number of benzene rings is 2. The Balaban J connectivity index is 1.93. The first-order valence-corrected chi connectivity index (χ1v) is 8.95. The van der Waals surface area contributed by atoms with Crippen molar-refractivity contribution in [3.05, 3.63) is 69.8 Å². The number of nitrogens with one attached hydrogen (secondary N) is 1. The Morgan fingerprint density at radius 2 is 2.00 bits per heavy atom. The molecule has 0 spiro atoms. The molecule has 0 unspecified atom stereocenters. The van der Waals surface area contributed by atoms with E-state index in [2.05, 4.69) is 26.1 Å². The van der Waals surface area contributed by atoms with Crippen LogP contribution >= 0.6 is 15.9 Å². The molecule has 1 amide bonds. The van der Waals surface area contributed by atoms with Crippen LogP contribution < -0.4 is 0 Å². The number of H-pyrrole nitrogens is 1. The van der Waals surface area contributed by atoms with Gasteiger partial charge in [0.2, 0.25) is 0 Å². The van der Waals surface area contributed by atoms with Crippen molar-refractivity contribution in [3.63, 3.8) is 0 Å². The maximum Gasteiger partial charge on any atom is 0.273 e. The summed E-state index contributed by atoms with van der Waals surface area (Å²) in [5, 5.41) is 26.8. The summed E-state index contributed by atoms with van der Waals surface area (Å²) in [4.78, 5) is 14.5. The normalized spacial score (nSPS) is 16.2. The lowest BCUT2D eigenvalue weighted by Gasteiger charge is -2.25. The van der Waals surface area contributed by atoms with Crippen molar-refractivity contribution in [3.8, 4) is 17.0 Å². The minimum Gasteiger partial charge on any atom is -0.507 e. The average Bonchev–Trinajstić information content (AvgIpc) is 3.16. The van der Waals surface area contributed by atoms with E-state index in [1.54, 1.807) is 23.1 Å². The number of halogens is 1. The summed E-state index contributed by atoms with van der Waals surface area (Å²) in [5.74, 6) is -0.115. The van der Waals surface area contributed by atoms with E-state index >= 15 is 0 Å². The number of phenols is 1. The minimum atomic E-state index is -0.393. The Morgan fingerprint density at radius 3 is 2.73 bits per heavy atom. The molecule has 2 heterocycles. The van der Waals surface area contributed by atoms with E-state index in [9.17, 15) is 15.0 Å². The summed E-state index contributed by atoms with van der Waals surface area (Å²) < 4.78 is 0.896. The zero-order valence-electron chi connectivity index (χ0n) is 13.7. The van der Waals surface area contributed by atoms with Crippen molar-refractivity contribution in [1.29, 1.82) is 0 Å². The van der Waals surface area contributed by atoms with Crippen LogP contribution in [-0.4, -0.2) is 44.4 Å². The summed E-state index contributed by atoms with van der Waals surface area (Å²) in [6.45, 7) is 0.0681. The molecule has 0 saturated heterocycles. The van der Waals surface area contributed by atoms with Crippen LogP contribution in [0.1, 0.15) is 27.7 Å². The van der Waals surface area contributed by atoms with E-state index in [0.29, 0.717) is 22.5 Å². The molecule has 2 aromatic carbocycles. The molecule has 4 rings (SSSR count). The molecule has 26 heavy (non-hydrogen) atoms. The second-order valence-electron chi connectivity index (χ2n) is 6.06. The molecule has 0 aliphatic carbocycles. The fraction of sp³-hybridized carbons (Fsp3) is 0.158. The molecule has 132 valence electrons. The highest BCUT2D eigenvalue weighted by Crippen LogP contribution is 2.44. The third-order valence-electron chi connectivity index (χ3n) is 4.53. The van der Waals surface area contributed by atoms with Crippen LogP contribution in [0.15, 0.2) is 53.0 Å². The van der Waals surface area contributed by atoms with Crippen LogP contribution in [0.2, 0.25) is 0 Å². The number of carbonyl (C=O) groups excluding carboxylic acids is 1. The Hall–Kier alpha value is -2.64. The molecule has 1 aromatic heterocycles. The van der Waals surface area contributed by atoms with Gasteiger partial charge in [0.1, 0.15) is 17.1 Å². The number of β-amino-alcohol motifs (C(OH)–C–C–N with tert-alkyl or cyclic N) is 1. The quantitative estimate of drug-likeness (QED) is 0.612. The number of carbonyl (C=O) groups is 1. The highest BCUT2D eigenvalue weighted by atomic mass is 79.9. The Bertz CT molecular complexity index is 986. The topological polar surface area (TPSA) is 89.5 Å². The number of hydrogen-bond donors (Lipinski definition) is 3. The Labute approximate surface area is 158 Å². The van der Waals surface area contributed by atoms with Gasteiger partial charge in [-0.3, -0.25) is 9.89 Å². The molecule has 0 saturated carbocycles. The smallest absolute Gasteiger partial charge is 0.273 e. The van der Waals surface area contributed by atoms with Crippen LogP contribution in [-0.2, 0) is 0 Å². The first-order valence-electron chi connectivity index (χ1n) is 8.15. The molecule has 3 N–H and O–H groups in total. The largest absolute Gasteiger partial charge is 0.507 e. The summed E-state index contributed by atoms with van der Waals surface area (Å²) in [7, 11) is 0. The van der Waals surface area contributed by atoms with Crippen LogP contribution in [0.3, 0.4) is 0 Å². The summed E-state index contributed by atoms with van der Waals surface area (Å²) in [6.07, 6.45) is 0. The molecule has 1 aliphatic heterocycles. The predicted octanol–water partition coefficient (Wildman–Crippen LogP) is 3.08. The van der Waals surface area contributed by atoms with Crippen LogP contribution in [0, 0.1) is 0 Å². The third-order valence-corrected chi connectivity index (χ3v) is 5.02. The van der Waals surface area contributed by atoms with E-state index in [1.807, 2.05) is 30.3 Å². The molecule has 3 aromatic rings. The second-order valence-corrected chi connectivity index (χ2v) is 6.97. The molecule has 0 fully saturated rings. The molecule has 7 heteroatoms. The fourth-order valence-corrected chi connectivity index (χ4v) is 3.85. The Kier molecular flexibility index (Phi) is 4.26. The van der Waals surface area contributed by atoms with E-state index in [1.165, 1.54) is 0 Å². The van der Waals surface area contributed by atoms with E-state index in [0.717, 1.165) is 10.0 Å². The third kappa shape index (κ3) is 2.60. The summed E-state index contributed by atoms with van der Waals surface area (Å²) >= 11 is 3.47. The van der Waals surface area contributed by atoms with Crippen molar-refractivity contribution in [1.82, 2.24) is 15.1 Å². The monoisotopic (exact) mass is 413 g/mol. The maximum absolute atomic E-state index is 12.9. The number of aliphatic hydroxyl groups is 1. The van der Waals surface area contributed by atoms with Crippen molar-refractivity contribution >= 4 is 21.8 Å². The van der Waals surface area contributed by atoms with Gasteiger partial charge in [-0.05, 0) is 29.8 Å². The average molecular weight is 414 g/mol. The number of aromatic amines is 1. The summed E-state index contributed by atoms with van der Waals surface area (Å²) in [6, 6.07) is 14.2. The van der Waals surface area contributed by atoms with Gasteiger partial charge < -0.3 is 15.1 Å². The number of amides is 1. The minimum absolute atomic E-state index is 0.0999. The van der Waals surface area contributed by atoms with Gasteiger partial charge in [-0.25, -0.2) is 0 Å². The number of phenolic OH excluding ortho intramolecular Hbond substituents is 1. The van der Waals surface area contributed by atoms with Gasteiger partial charge in [-0.2, -0.15) is 5.10 Å². The predicted molar refractivity (Wildman–Crippen MR) is 99.8 cm³/mol. The maximum atomic E-state index is 12.9. The number of aromatic nitrogens is 2. The van der Waals surface area contributed by atoms with Crippen LogP contribution in [0.25, 0.3) is 11.3 Å². The number of aliphatic hydroxyl groups excluding tert-OH is 1. The Morgan fingerprint density at radius 1 is 1.19 bits per heavy atom. The fourth-order valence-electron chi connectivity index (χ4n) is 3.44. The van der Waals surface area contributed by atoms with Crippen LogP contribution in [0.5, 0.6) is 5.75 Å². The van der Waals surface area contributed by atoms with E-state index in [4.69, 9.17) is 0 Å². The summed E-state index contributed by atoms with van der Waals surface area (Å²) in [5.41, 5.74) is 3.10. The lowest BCUT2D eigenvalue weighted by Crippen LogP contribution is -2.32. The highest BCUT2D eigenvalue weighted by Gasteiger charge is 2.42. The van der Waals surface area contributed by atoms with Crippen molar-refractivity contribution in [2.45, 2.75) is 6.04 Å². The molecule has 0 radical (unpaired) electrons. The number of nitrogens with zero attached hydrogens (tertiary/aromatic N) is 2. The van der Waals surface area contributed by atoms with E-state index in [-0.39, 0.29) is 24.8 Å². The molecule has 0 bridgehead atoms. The number of aromatic hydroxyl groups is 1. The highest BCUT2D eigenvalue weighted by molar-refractivity contribution is 9.10. The molecular formula is C19H16BrN3O3. The van der Waals surface area contributed by atoms with Gasteiger partial charge in [0.05, 0.1) is 12.6 Å². The van der Waals surface area contributed by atoms with Gasteiger partial charge in [-0.15, -0.1) is 0 Å². The number of para-hydroxylation sites is 1. The number of hydrogen-bond acceptors (Lipinski definition) is 4. The second kappa shape index (κ2) is 6.59. The lowest BCUT2D eigenvalue weighted by atomic mass is 9.96. The first kappa shape index (κ1) is 16.8. The van der Waals surface area contributed by atoms with Gasteiger partial charge >= 0.3 is 0 Å². The zero-order chi connectivity index (χ0) is 18.3. The first-order chi connectivity index (χ1) is 12.6. The van der Waals surface area contributed by atoms with E-state index < -0.39 is 6.04 Å². The SMILES string of the molecule is O=C1c2[nH]nc(-c3ccccc3O)c2[C@@H](c2cccc(Br)c2)N1CCO. The van der Waals surface area contributed by atoms with Crippen LogP contribution in [0.4, 0.5) is 0 Å². The molecule has 1 atom stereocenters. The molecular weight excluding hydrogens is 398 g/mol. The van der Waals surface area contributed by atoms with Gasteiger partial charge in [0, 0.05) is 22.1 Å². The zero-order valence-corrected chi connectivity index (χ0v) is 15.3. The molecule has 1 aliphatic rings. The van der Waals surface area contributed by atoms with Gasteiger partial charge in [0.15, 0.2) is 0 Å². The van der Waals surface area contributed by atoms with Gasteiger partial charge in [-0.1, -0.05) is 40.2 Å². The molecule has 6 nitrogen and oxygen atoms in total. The lowest BCUT2D eigenvalue weighted by molar-refractivity contribution is 0.0706. The number of rotatable bonds is 4. The van der Waals surface area contributed by atoms with Gasteiger partial charge in [0.25, 0.3) is 5.91 Å².